The highest BCUT2D eigenvalue weighted by Gasteiger charge is 2.44. The summed E-state index contributed by atoms with van der Waals surface area (Å²) in [5.74, 6) is 0.646. The van der Waals surface area contributed by atoms with Crippen LogP contribution in [0.3, 0.4) is 0 Å². The number of pyridine rings is 2. The molecule has 2 N–H and O–H groups in total. The third kappa shape index (κ3) is 4.42. The molecule has 2 aromatic carbocycles. The van der Waals surface area contributed by atoms with Crippen LogP contribution in [0.2, 0.25) is 0 Å². The van der Waals surface area contributed by atoms with Crippen molar-refractivity contribution in [1.29, 1.82) is 0 Å². The molecule has 1 fully saturated rings. The van der Waals surface area contributed by atoms with Gasteiger partial charge >= 0.3 is 0 Å². The Hall–Kier alpha value is -3.98. The quantitative estimate of drug-likeness (QED) is 0.416. The Labute approximate surface area is 197 Å². The van der Waals surface area contributed by atoms with Gasteiger partial charge in [-0.15, -0.1) is 0 Å². The first kappa shape index (κ1) is 21.8. The Kier molecular flexibility index (Phi) is 5.62. The lowest BCUT2D eigenvalue weighted by Crippen LogP contribution is -2.15. The second-order valence-electron chi connectivity index (χ2n) is 8.08. The molecule has 1 aliphatic carbocycles. The van der Waals surface area contributed by atoms with Crippen LogP contribution >= 0.6 is 0 Å². The lowest BCUT2D eigenvalue weighted by Gasteiger charge is -2.09. The van der Waals surface area contributed by atoms with Crippen molar-refractivity contribution in [2.45, 2.75) is 17.2 Å². The Morgan fingerprint density at radius 2 is 1.82 bits per heavy atom. The number of hydrogen-bond acceptors (Lipinski definition) is 6. The number of nitrogens with zero attached hydrogens (tertiary/aromatic N) is 2. The SMILES string of the molecule is COc1nccc2cc(NC(=O)[C@@H]3CC3c3ccc(S(=O)(=O)Nc4ccccn4)cc3)ccc12. The van der Waals surface area contributed by atoms with Gasteiger partial charge in [-0.05, 0) is 71.8 Å². The van der Waals surface area contributed by atoms with Gasteiger partial charge in [0, 0.05) is 29.4 Å². The predicted octanol–water partition coefficient (Wildman–Crippen LogP) is 4.18. The van der Waals surface area contributed by atoms with Gasteiger partial charge in [-0.25, -0.2) is 18.4 Å². The van der Waals surface area contributed by atoms with Crippen LogP contribution < -0.4 is 14.8 Å². The number of hydrogen-bond donors (Lipinski definition) is 2. The normalized spacial score (nSPS) is 17.2. The fourth-order valence-corrected chi connectivity index (χ4v) is 5.00. The van der Waals surface area contributed by atoms with E-state index in [1.165, 1.54) is 6.20 Å². The minimum Gasteiger partial charge on any atom is -0.481 e. The zero-order chi connectivity index (χ0) is 23.7. The first-order chi connectivity index (χ1) is 16.4. The van der Waals surface area contributed by atoms with Crippen molar-refractivity contribution < 1.29 is 17.9 Å². The van der Waals surface area contributed by atoms with Crippen LogP contribution in [0.1, 0.15) is 17.9 Å². The standard InChI is InChI=1S/C25H22N4O4S/c1-33-25-20-10-7-18(14-17(20)11-13-27-25)28-24(30)22-15-21(22)16-5-8-19(9-6-16)34(31,32)29-23-4-2-3-12-26-23/h2-14,21-22H,15H2,1H3,(H,26,29)(H,28,30)/t21?,22-/m1/s1. The van der Waals surface area contributed by atoms with Crippen LogP contribution in [0.25, 0.3) is 10.8 Å². The first-order valence-electron chi connectivity index (χ1n) is 10.7. The molecule has 0 radical (unpaired) electrons. The summed E-state index contributed by atoms with van der Waals surface area (Å²) in [6.45, 7) is 0. The average Bonchev–Trinajstić information content (AvgIpc) is 3.65. The molecule has 34 heavy (non-hydrogen) atoms. The highest BCUT2D eigenvalue weighted by Crippen LogP contribution is 2.48. The van der Waals surface area contributed by atoms with Crippen LogP contribution in [-0.4, -0.2) is 31.4 Å². The molecule has 2 aromatic heterocycles. The van der Waals surface area contributed by atoms with E-state index in [-0.39, 0.29) is 28.5 Å². The summed E-state index contributed by atoms with van der Waals surface area (Å²) in [7, 11) is -2.16. The highest BCUT2D eigenvalue weighted by molar-refractivity contribution is 7.92. The van der Waals surface area contributed by atoms with Gasteiger partial charge in [0.15, 0.2) is 0 Å². The molecule has 2 atom stereocenters. The fraction of sp³-hybridized carbons (Fsp3) is 0.160. The minimum atomic E-state index is -3.73. The average molecular weight is 475 g/mol. The van der Waals surface area contributed by atoms with E-state index in [0.717, 1.165) is 22.8 Å². The summed E-state index contributed by atoms with van der Waals surface area (Å²) in [5.41, 5.74) is 1.64. The third-order valence-electron chi connectivity index (χ3n) is 5.84. The predicted molar refractivity (Wildman–Crippen MR) is 129 cm³/mol. The van der Waals surface area contributed by atoms with Crippen molar-refractivity contribution in [3.05, 3.63) is 84.7 Å². The van der Waals surface area contributed by atoms with Crippen LogP contribution in [0.4, 0.5) is 11.5 Å². The molecule has 0 spiro atoms. The zero-order valence-corrected chi connectivity index (χ0v) is 19.1. The van der Waals surface area contributed by atoms with Crippen molar-refractivity contribution in [3.8, 4) is 5.88 Å². The number of carbonyl (C=O) groups is 1. The number of methoxy groups -OCH3 is 1. The Morgan fingerprint density at radius 1 is 1.00 bits per heavy atom. The van der Waals surface area contributed by atoms with E-state index in [4.69, 9.17) is 4.74 Å². The van der Waals surface area contributed by atoms with Crippen molar-refractivity contribution in [2.24, 2.45) is 5.92 Å². The number of ether oxygens (including phenoxy) is 1. The number of carbonyl (C=O) groups excluding carboxylic acids is 1. The summed E-state index contributed by atoms with van der Waals surface area (Å²) >= 11 is 0. The maximum absolute atomic E-state index is 12.8. The number of nitrogens with one attached hydrogen (secondary N) is 2. The van der Waals surface area contributed by atoms with Gasteiger partial charge in [-0.1, -0.05) is 18.2 Å². The number of sulfonamides is 1. The molecule has 1 amide bonds. The molecule has 0 bridgehead atoms. The first-order valence-corrected chi connectivity index (χ1v) is 12.2. The van der Waals surface area contributed by atoms with E-state index in [9.17, 15) is 13.2 Å². The van der Waals surface area contributed by atoms with E-state index < -0.39 is 10.0 Å². The number of aromatic nitrogens is 2. The molecule has 1 aliphatic rings. The monoisotopic (exact) mass is 474 g/mol. The van der Waals surface area contributed by atoms with Crippen LogP contribution in [0.5, 0.6) is 5.88 Å². The second kappa shape index (κ2) is 8.75. The topological polar surface area (TPSA) is 110 Å². The lowest BCUT2D eigenvalue weighted by molar-refractivity contribution is -0.117. The van der Waals surface area contributed by atoms with E-state index in [1.807, 2.05) is 24.3 Å². The minimum absolute atomic E-state index is 0.0566. The molecule has 1 saturated carbocycles. The van der Waals surface area contributed by atoms with Gasteiger partial charge in [-0.3, -0.25) is 9.52 Å². The molecular weight excluding hydrogens is 452 g/mol. The number of amides is 1. The largest absolute Gasteiger partial charge is 0.481 e. The zero-order valence-electron chi connectivity index (χ0n) is 18.3. The number of anilines is 2. The van der Waals surface area contributed by atoms with Crippen LogP contribution in [-0.2, 0) is 14.8 Å². The smallest absolute Gasteiger partial charge is 0.263 e. The Balaban J connectivity index is 1.24. The third-order valence-corrected chi connectivity index (χ3v) is 7.21. The Bertz CT molecular complexity index is 1460. The van der Waals surface area contributed by atoms with Crippen molar-refractivity contribution in [1.82, 2.24) is 9.97 Å². The van der Waals surface area contributed by atoms with E-state index in [1.54, 1.807) is 55.8 Å². The van der Waals surface area contributed by atoms with Crippen molar-refractivity contribution in [3.63, 3.8) is 0 Å². The molecule has 0 saturated heterocycles. The van der Waals surface area contributed by atoms with Crippen LogP contribution in [0, 0.1) is 5.92 Å². The van der Waals surface area contributed by atoms with Gasteiger partial charge in [0.2, 0.25) is 11.8 Å². The molecule has 1 unspecified atom stereocenters. The number of rotatable bonds is 7. The molecule has 5 rings (SSSR count). The summed E-state index contributed by atoms with van der Waals surface area (Å²) in [4.78, 5) is 21.1. The summed E-state index contributed by atoms with van der Waals surface area (Å²) in [5, 5.41) is 4.78. The molecule has 0 aliphatic heterocycles. The van der Waals surface area contributed by atoms with Gasteiger partial charge < -0.3 is 10.1 Å². The van der Waals surface area contributed by atoms with E-state index in [0.29, 0.717) is 11.6 Å². The number of fused-ring (bicyclic) bond motifs is 1. The second-order valence-corrected chi connectivity index (χ2v) is 9.77. The maximum Gasteiger partial charge on any atom is 0.263 e. The van der Waals surface area contributed by atoms with E-state index >= 15 is 0 Å². The highest BCUT2D eigenvalue weighted by atomic mass is 32.2. The lowest BCUT2D eigenvalue weighted by atomic mass is 10.1. The van der Waals surface area contributed by atoms with Crippen LogP contribution in [0.15, 0.2) is 84.0 Å². The van der Waals surface area contributed by atoms with E-state index in [2.05, 4.69) is 20.0 Å². The molecule has 4 aromatic rings. The van der Waals surface area contributed by atoms with Crippen molar-refractivity contribution >= 4 is 38.2 Å². The van der Waals surface area contributed by atoms with Gasteiger partial charge in [0.1, 0.15) is 5.82 Å². The maximum atomic E-state index is 12.8. The molecular formula is C25H22N4O4S. The molecule has 2 heterocycles. The molecule has 9 heteroatoms. The number of benzene rings is 2. The van der Waals surface area contributed by atoms with Gasteiger partial charge in [0.25, 0.3) is 10.0 Å². The van der Waals surface area contributed by atoms with Gasteiger partial charge in [0.05, 0.1) is 12.0 Å². The molecule has 172 valence electrons. The Morgan fingerprint density at radius 3 is 2.56 bits per heavy atom. The van der Waals surface area contributed by atoms with Gasteiger partial charge in [-0.2, -0.15) is 0 Å². The summed E-state index contributed by atoms with van der Waals surface area (Å²) in [6.07, 6.45) is 3.90. The summed E-state index contributed by atoms with van der Waals surface area (Å²) in [6, 6.07) is 19.1. The fourth-order valence-electron chi connectivity index (χ4n) is 3.99. The van der Waals surface area contributed by atoms with Crippen molar-refractivity contribution in [2.75, 3.05) is 17.1 Å². The molecule has 8 nitrogen and oxygen atoms in total. The summed E-state index contributed by atoms with van der Waals surface area (Å²) < 4.78 is 32.9.